The molecule has 2 fully saturated rings. The first-order valence-corrected chi connectivity index (χ1v) is 15.7. The molecule has 3 rings (SSSR count). The number of aliphatic hydroxyl groups excluding tert-OH is 1. The zero-order valence-corrected chi connectivity index (χ0v) is 29.0. The molecule has 0 saturated carbocycles. The zero-order chi connectivity index (χ0) is 38.7. The molecule has 1 aromatic carbocycles. The van der Waals surface area contributed by atoms with Crippen molar-refractivity contribution >= 4 is 47.9 Å². The Bertz CT molecular complexity index is 1500. The topological polar surface area (TPSA) is 252 Å². The Kier molecular flexibility index (Phi) is 14.6. The van der Waals surface area contributed by atoms with E-state index in [1.807, 2.05) is 0 Å². The van der Waals surface area contributed by atoms with Crippen molar-refractivity contribution in [2.24, 2.45) is 0 Å². The average Bonchev–Trinajstić information content (AvgIpc) is 3.31. The van der Waals surface area contributed by atoms with Crippen LogP contribution in [0.4, 0.5) is 0 Å². The number of aromatic hydroxyl groups is 1. The number of hydrogen-bond acceptors (Lipinski definition) is 19. The molecule has 19 heteroatoms. The lowest BCUT2D eigenvalue weighted by Gasteiger charge is -2.46. The Morgan fingerprint density at radius 3 is 1.77 bits per heavy atom. The standard InChI is InChI=1S/C33H40O19/c1-16(35)43-14-25-27(45-18(3)37)29(47-20(5)39)30(48-21(6)40)32(49-25)52-33(15-44-17(2)36)31(28(46-19(4)38)24(13-34)51-33)50-26(42)12-9-22-7-10-23(41)11-8-22/h7-12,24-25,27-32,34,41H,13-15H2,1-6H3. The molecule has 2 aliphatic heterocycles. The fraction of sp³-hybridized carbons (Fsp3) is 0.545. The van der Waals surface area contributed by atoms with E-state index in [4.69, 9.17) is 47.4 Å². The highest BCUT2D eigenvalue weighted by atomic mass is 16.8. The van der Waals surface area contributed by atoms with Gasteiger partial charge in [-0.1, -0.05) is 12.1 Å². The van der Waals surface area contributed by atoms with Gasteiger partial charge < -0.3 is 57.6 Å². The van der Waals surface area contributed by atoms with Crippen LogP contribution in [0.15, 0.2) is 30.3 Å². The van der Waals surface area contributed by atoms with Crippen molar-refractivity contribution in [1.82, 2.24) is 0 Å². The third kappa shape index (κ3) is 11.5. The maximum absolute atomic E-state index is 13.3. The molecule has 2 aliphatic rings. The van der Waals surface area contributed by atoms with E-state index < -0.39 is 116 Å². The quantitative estimate of drug-likeness (QED) is 0.145. The van der Waals surface area contributed by atoms with Gasteiger partial charge in [-0.05, 0) is 23.8 Å². The highest BCUT2D eigenvalue weighted by Gasteiger charge is 2.64. The van der Waals surface area contributed by atoms with Crippen LogP contribution in [-0.4, -0.2) is 127 Å². The van der Waals surface area contributed by atoms with E-state index in [0.717, 1.165) is 47.6 Å². The van der Waals surface area contributed by atoms with Gasteiger partial charge in [0.05, 0.1) is 6.61 Å². The summed E-state index contributed by atoms with van der Waals surface area (Å²) >= 11 is 0. The van der Waals surface area contributed by atoms with E-state index in [1.165, 1.54) is 30.3 Å². The molecule has 2 heterocycles. The molecule has 9 atom stereocenters. The second kappa shape index (κ2) is 18.4. The van der Waals surface area contributed by atoms with Crippen LogP contribution in [-0.2, 0) is 80.9 Å². The van der Waals surface area contributed by atoms with E-state index in [2.05, 4.69) is 0 Å². The van der Waals surface area contributed by atoms with E-state index in [9.17, 15) is 43.8 Å². The van der Waals surface area contributed by atoms with Crippen molar-refractivity contribution in [2.45, 2.75) is 96.3 Å². The highest BCUT2D eigenvalue weighted by molar-refractivity contribution is 5.87. The van der Waals surface area contributed by atoms with Crippen LogP contribution in [0.2, 0.25) is 0 Å². The normalized spacial score (nSPS) is 28.3. The molecule has 9 unspecified atom stereocenters. The van der Waals surface area contributed by atoms with Crippen molar-refractivity contribution in [2.75, 3.05) is 19.8 Å². The molecule has 0 amide bonds. The van der Waals surface area contributed by atoms with E-state index in [1.54, 1.807) is 0 Å². The van der Waals surface area contributed by atoms with Gasteiger partial charge in [-0.2, -0.15) is 0 Å². The van der Waals surface area contributed by atoms with Crippen molar-refractivity contribution in [3.05, 3.63) is 35.9 Å². The van der Waals surface area contributed by atoms with E-state index >= 15 is 0 Å². The maximum atomic E-state index is 13.3. The molecule has 0 spiro atoms. The zero-order valence-electron chi connectivity index (χ0n) is 29.0. The lowest BCUT2D eigenvalue weighted by atomic mass is 9.97. The number of carbonyl (C=O) groups is 7. The Morgan fingerprint density at radius 1 is 0.692 bits per heavy atom. The minimum atomic E-state index is -2.55. The summed E-state index contributed by atoms with van der Waals surface area (Å²) in [6.07, 6.45) is -11.3. The molecular weight excluding hydrogens is 700 g/mol. The number of rotatable bonds is 14. The lowest BCUT2D eigenvalue weighted by Crippen LogP contribution is -2.65. The van der Waals surface area contributed by atoms with Gasteiger partial charge in [0.1, 0.15) is 31.2 Å². The van der Waals surface area contributed by atoms with Gasteiger partial charge in [0.25, 0.3) is 0 Å². The molecule has 52 heavy (non-hydrogen) atoms. The minimum absolute atomic E-state index is 0.0308. The van der Waals surface area contributed by atoms with Crippen LogP contribution in [0, 0.1) is 0 Å². The number of aliphatic hydroxyl groups is 1. The van der Waals surface area contributed by atoms with Gasteiger partial charge in [0.15, 0.2) is 30.5 Å². The third-order valence-corrected chi connectivity index (χ3v) is 7.22. The number of esters is 7. The number of hydrogen-bond donors (Lipinski definition) is 2. The van der Waals surface area contributed by atoms with Crippen molar-refractivity contribution in [3.8, 4) is 5.75 Å². The SMILES string of the molecule is CC(=O)OCC1OC(OC2(COC(C)=O)OC(CO)C(OC(C)=O)C2OC(=O)C=Cc2ccc(O)cc2)C(OC(C)=O)C(OC(C)=O)C1OC(C)=O. The maximum Gasteiger partial charge on any atom is 0.331 e. The molecule has 2 saturated heterocycles. The third-order valence-electron chi connectivity index (χ3n) is 7.22. The van der Waals surface area contributed by atoms with Gasteiger partial charge in [0, 0.05) is 47.6 Å². The Morgan fingerprint density at radius 2 is 1.23 bits per heavy atom. The fourth-order valence-corrected chi connectivity index (χ4v) is 5.30. The summed E-state index contributed by atoms with van der Waals surface area (Å²) in [6, 6.07) is 5.70. The van der Waals surface area contributed by atoms with Crippen LogP contribution in [0.1, 0.15) is 47.1 Å². The van der Waals surface area contributed by atoms with Crippen LogP contribution < -0.4 is 0 Å². The van der Waals surface area contributed by atoms with Crippen molar-refractivity contribution in [3.63, 3.8) is 0 Å². The molecule has 286 valence electrons. The molecule has 19 nitrogen and oxygen atoms in total. The van der Waals surface area contributed by atoms with Crippen molar-refractivity contribution in [1.29, 1.82) is 0 Å². The number of phenols is 1. The number of ether oxygens (including phenoxy) is 10. The Labute approximate surface area is 296 Å². The molecule has 0 aromatic heterocycles. The van der Waals surface area contributed by atoms with Gasteiger partial charge >= 0.3 is 41.8 Å². The summed E-state index contributed by atoms with van der Waals surface area (Å²) < 4.78 is 55.9. The second-order valence-electron chi connectivity index (χ2n) is 11.5. The fourth-order valence-electron chi connectivity index (χ4n) is 5.30. The number of benzene rings is 1. The van der Waals surface area contributed by atoms with E-state index in [-0.39, 0.29) is 5.75 Å². The Balaban J connectivity index is 2.18. The monoisotopic (exact) mass is 740 g/mol. The average molecular weight is 741 g/mol. The van der Waals surface area contributed by atoms with Gasteiger partial charge in [0.2, 0.25) is 12.1 Å². The first kappa shape index (κ1) is 41.3. The Hall–Kier alpha value is -5.11. The van der Waals surface area contributed by atoms with E-state index in [0.29, 0.717) is 5.56 Å². The summed E-state index contributed by atoms with van der Waals surface area (Å²) in [7, 11) is 0. The van der Waals surface area contributed by atoms with Crippen LogP contribution in [0.5, 0.6) is 5.75 Å². The highest BCUT2D eigenvalue weighted by Crippen LogP contribution is 2.41. The summed E-state index contributed by atoms with van der Waals surface area (Å²) in [5.41, 5.74) is 0.460. The summed E-state index contributed by atoms with van der Waals surface area (Å²) in [6.45, 7) is 3.67. The first-order valence-electron chi connectivity index (χ1n) is 15.7. The summed E-state index contributed by atoms with van der Waals surface area (Å²) in [4.78, 5) is 86.3. The van der Waals surface area contributed by atoms with Crippen LogP contribution in [0.3, 0.4) is 0 Å². The minimum Gasteiger partial charge on any atom is -0.508 e. The number of phenolic OH excluding ortho intramolecular Hbond substituents is 1. The lowest BCUT2D eigenvalue weighted by molar-refractivity contribution is -0.384. The molecule has 1 aromatic rings. The summed E-state index contributed by atoms with van der Waals surface area (Å²) in [5.74, 6) is -9.09. The van der Waals surface area contributed by atoms with Gasteiger partial charge in [-0.3, -0.25) is 28.8 Å². The predicted molar refractivity (Wildman–Crippen MR) is 167 cm³/mol. The number of carbonyl (C=O) groups excluding carboxylic acids is 7. The molecule has 0 bridgehead atoms. The predicted octanol–water partition coefficient (Wildman–Crippen LogP) is -0.000900. The molecular formula is C33H40O19. The first-order chi connectivity index (χ1) is 24.4. The smallest absolute Gasteiger partial charge is 0.331 e. The van der Waals surface area contributed by atoms with Crippen LogP contribution in [0.25, 0.3) is 6.08 Å². The molecule has 2 N–H and O–H groups in total. The van der Waals surface area contributed by atoms with Crippen molar-refractivity contribution < 1.29 is 91.1 Å². The van der Waals surface area contributed by atoms with Gasteiger partial charge in [-0.15, -0.1) is 0 Å². The van der Waals surface area contributed by atoms with Gasteiger partial charge in [-0.25, -0.2) is 4.79 Å². The summed E-state index contributed by atoms with van der Waals surface area (Å²) in [5, 5.41) is 19.8. The molecule has 0 aliphatic carbocycles. The largest absolute Gasteiger partial charge is 0.508 e. The van der Waals surface area contributed by atoms with Crippen LogP contribution >= 0.6 is 0 Å². The second-order valence-corrected chi connectivity index (χ2v) is 11.5. The molecule has 0 radical (unpaired) electrons.